The second kappa shape index (κ2) is 4.18. The second-order valence-corrected chi connectivity index (χ2v) is 4.71. The molecule has 2 N–H and O–H groups in total. The van der Waals surface area contributed by atoms with E-state index in [0.29, 0.717) is 11.6 Å². The monoisotopic (exact) mass is 229 g/mol. The molecule has 0 aromatic carbocycles. The molecule has 1 spiro atoms. The number of nitriles is 2. The number of rotatable bonds is 1. The molecular weight excluding hydrogens is 214 g/mol. The fraction of sp³-hybridized carbons (Fsp3) is 0.667. The molecule has 0 bridgehead atoms. The van der Waals surface area contributed by atoms with Crippen LogP contribution in [0, 0.1) is 34.5 Å². The molecular formula is C12H15N5. The van der Waals surface area contributed by atoms with E-state index in [1.165, 1.54) is 6.42 Å². The molecule has 5 nitrogen and oxygen atoms in total. The number of amidine groups is 1. The third-order valence-corrected chi connectivity index (χ3v) is 3.64. The standard InChI is InChI=1S/C12H15N5/c1-8-4-2-3-5-12(8)16-10(11(15)17-12)9(6-13)7-14/h8-9H,2-5H2,1H3,(H2,15,17)/t8-,12-/m1/s1. The van der Waals surface area contributed by atoms with Gasteiger partial charge in [0.1, 0.15) is 11.5 Å². The van der Waals surface area contributed by atoms with Crippen molar-refractivity contribution in [3.05, 3.63) is 0 Å². The van der Waals surface area contributed by atoms with Crippen LogP contribution in [0.3, 0.4) is 0 Å². The fourth-order valence-electron chi connectivity index (χ4n) is 2.57. The summed E-state index contributed by atoms with van der Waals surface area (Å²) < 4.78 is 0. The van der Waals surface area contributed by atoms with Crippen molar-refractivity contribution < 1.29 is 0 Å². The summed E-state index contributed by atoms with van der Waals surface area (Å²) in [6.45, 7) is 2.11. The van der Waals surface area contributed by atoms with Gasteiger partial charge in [-0.15, -0.1) is 0 Å². The van der Waals surface area contributed by atoms with Gasteiger partial charge in [-0.2, -0.15) is 10.5 Å². The molecule has 1 heterocycles. The first-order chi connectivity index (χ1) is 8.13. The van der Waals surface area contributed by atoms with Crippen LogP contribution in [0.15, 0.2) is 9.98 Å². The molecule has 0 unspecified atom stereocenters. The van der Waals surface area contributed by atoms with Gasteiger partial charge in [-0.3, -0.25) is 4.99 Å². The summed E-state index contributed by atoms with van der Waals surface area (Å²) >= 11 is 0. The third-order valence-electron chi connectivity index (χ3n) is 3.64. The van der Waals surface area contributed by atoms with E-state index in [1.54, 1.807) is 0 Å². The van der Waals surface area contributed by atoms with Gasteiger partial charge in [-0.05, 0) is 19.3 Å². The predicted octanol–water partition coefficient (Wildman–Crippen LogP) is 1.37. The lowest BCUT2D eigenvalue weighted by atomic mass is 9.81. The van der Waals surface area contributed by atoms with Gasteiger partial charge in [-0.25, -0.2) is 4.99 Å². The molecule has 0 aromatic heterocycles. The summed E-state index contributed by atoms with van der Waals surface area (Å²) in [4.78, 5) is 8.97. The highest BCUT2D eigenvalue weighted by Gasteiger charge is 2.43. The number of hydrogen-bond acceptors (Lipinski definition) is 5. The van der Waals surface area contributed by atoms with Crippen LogP contribution in [-0.4, -0.2) is 17.2 Å². The zero-order chi connectivity index (χ0) is 12.5. The van der Waals surface area contributed by atoms with Crippen LogP contribution in [0.1, 0.15) is 32.6 Å². The SMILES string of the molecule is C[C@@H]1CCCC[C@@]12N=C(N)C(C(C#N)C#N)=N2. The smallest absolute Gasteiger partial charge is 0.178 e. The first-order valence-electron chi connectivity index (χ1n) is 5.87. The molecule has 2 atom stereocenters. The molecule has 1 aliphatic heterocycles. The Bertz CT molecular complexity index is 450. The molecule has 0 aromatic rings. The number of hydrogen-bond donors (Lipinski definition) is 1. The molecule has 1 saturated carbocycles. The topological polar surface area (TPSA) is 98.3 Å². The van der Waals surface area contributed by atoms with E-state index in [-0.39, 0.29) is 5.84 Å². The lowest BCUT2D eigenvalue weighted by molar-refractivity contribution is 0.221. The van der Waals surface area contributed by atoms with Gasteiger partial charge in [0.15, 0.2) is 11.6 Å². The van der Waals surface area contributed by atoms with Crippen LogP contribution in [0.5, 0.6) is 0 Å². The van der Waals surface area contributed by atoms with Crippen molar-refractivity contribution in [3.8, 4) is 12.1 Å². The number of nitrogens with two attached hydrogens (primary N) is 1. The number of nitrogens with zero attached hydrogens (tertiary/aromatic N) is 4. The van der Waals surface area contributed by atoms with Crippen LogP contribution in [-0.2, 0) is 0 Å². The normalized spacial score (nSPS) is 31.9. The van der Waals surface area contributed by atoms with Crippen LogP contribution >= 0.6 is 0 Å². The van der Waals surface area contributed by atoms with E-state index in [0.717, 1.165) is 19.3 Å². The maximum Gasteiger partial charge on any atom is 0.178 e. The van der Waals surface area contributed by atoms with Gasteiger partial charge in [-0.1, -0.05) is 13.3 Å². The van der Waals surface area contributed by atoms with Crippen LogP contribution in [0.25, 0.3) is 0 Å². The summed E-state index contributed by atoms with van der Waals surface area (Å²) in [5, 5.41) is 17.8. The second-order valence-electron chi connectivity index (χ2n) is 4.71. The molecule has 1 aliphatic carbocycles. The van der Waals surface area contributed by atoms with E-state index < -0.39 is 11.6 Å². The first kappa shape index (κ1) is 11.6. The average Bonchev–Trinajstić information content (AvgIpc) is 2.64. The van der Waals surface area contributed by atoms with Gasteiger partial charge in [0.05, 0.1) is 12.1 Å². The van der Waals surface area contributed by atoms with Crippen molar-refractivity contribution in [3.63, 3.8) is 0 Å². The summed E-state index contributed by atoms with van der Waals surface area (Å²) in [5.41, 5.74) is 5.68. The summed E-state index contributed by atoms with van der Waals surface area (Å²) in [6.07, 6.45) is 4.18. The quantitative estimate of drug-likeness (QED) is 0.735. The summed E-state index contributed by atoms with van der Waals surface area (Å²) in [6, 6.07) is 3.82. The van der Waals surface area contributed by atoms with E-state index >= 15 is 0 Å². The Balaban J connectivity index is 2.37. The maximum atomic E-state index is 8.89. The Kier molecular flexibility index (Phi) is 2.85. The molecule has 2 rings (SSSR count). The lowest BCUT2D eigenvalue weighted by Crippen LogP contribution is -2.34. The first-order valence-corrected chi connectivity index (χ1v) is 5.87. The molecule has 0 saturated heterocycles. The van der Waals surface area contributed by atoms with E-state index in [2.05, 4.69) is 16.9 Å². The van der Waals surface area contributed by atoms with E-state index in [9.17, 15) is 0 Å². The zero-order valence-electron chi connectivity index (χ0n) is 9.85. The van der Waals surface area contributed by atoms with Crippen LogP contribution in [0.4, 0.5) is 0 Å². The highest BCUT2D eigenvalue weighted by atomic mass is 15.2. The minimum Gasteiger partial charge on any atom is -0.382 e. The Hall–Kier alpha value is -1.88. The van der Waals surface area contributed by atoms with Gasteiger partial charge in [0, 0.05) is 5.92 Å². The summed E-state index contributed by atoms with van der Waals surface area (Å²) in [7, 11) is 0. The van der Waals surface area contributed by atoms with Crippen molar-refractivity contribution in [1.29, 1.82) is 10.5 Å². The maximum absolute atomic E-state index is 8.89. The molecule has 88 valence electrons. The highest BCUT2D eigenvalue weighted by Crippen LogP contribution is 2.40. The van der Waals surface area contributed by atoms with Crippen LogP contribution < -0.4 is 5.73 Å². The Labute approximate surface area is 101 Å². The molecule has 5 heteroatoms. The van der Waals surface area contributed by atoms with Crippen molar-refractivity contribution in [2.75, 3.05) is 0 Å². The largest absolute Gasteiger partial charge is 0.382 e. The predicted molar refractivity (Wildman–Crippen MR) is 64.1 cm³/mol. The zero-order valence-corrected chi connectivity index (χ0v) is 9.85. The highest BCUT2D eigenvalue weighted by molar-refractivity contribution is 6.44. The molecule has 0 amide bonds. The number of aliphatic imine (C=N–C) groups is 2. The molecule has 0 radical (unpaired) electrons. The van der Waals surface area contributed by atoms with Crippen molar-refractivity contribution in [1.82, 2.24) is 0 Å². The van der Waals surface area contributed by atoms with Gasteiger partial charge in [0.25, 0.3) is 0 Å². The third kappa shape index (κ3) is 1.78. The Morgan fingerprint density at radius 1 is 1.35 bits per heavy atom. The average molecular weight is 229 g/mol. The Morgan fingerprint density at radius 2 is 2.06 bits per heavy atom. The van der Waals surface area contributed by atoms with Crippen molar-refractivity contribution in [2.24, 2.45) is 27.6 Å². The summed E-state index contributed by atoms with van der Waals surface area (Å²) in [5.74, 6) is -0.301. The fourth-order valence-corrected chi connectivity index (χ4v) is 2.57. The van der Waals surface area contributed by atoms with Gasteiger partial charge in [0.2, 0.25) is 0 Å². The molecule has 17 heavy (non-hydrogen) atoms. The minimum absolute atomic E-state index is 0.270. The van der Waals surface area contributed by atoms with E-state index in [1.807, 2.05) is 12.1 Å². The van der Waals surface area contributed by atoms with Crippen LogP contribution in [0.2, 0.25) is 0 Å². The molecule has 1 fully saturated rings. The molecule has 2 aliphatic rings. The van der Waals surface area contributed by atoms with Gasteiger partial charge >= 0.3 is 0 Å². The van der Waals surface area contributed by atoms with Gasteiger partial charge < -0.3 is 5.73 Å². The van der Waals surface area contributed by atoms with Crippen molar-refractivity contribution >= 4 is 11.5 Å². The lowest BCUT2D eigenvalue weighted by Gasteiger charge is -2.34. The van der Waals surface area contributed by atoms with Crippen molar-refractivity contribution in [2.45, 2.75) is 38.3 Å². The Morgan fingerprint density at radius 3 is 2.65 bits per heavy atom. The minimum atomic E-state index is -0.896. The van der Waals surface area contributed by atoms with E-state index in [4.69, 9.17) is 16.3 Å².